The normalized spacial score (nSPS) is 61.0. The Kier molecular flexibility index (Phi) is 10.2. The summed E-state index contributed by atoms with van der Waals surface area (Å²) in [5.74, 6) is 0.778. The summed E-state index contributed by atoms with van der Waals surface area (Å²) in [6.45, 7) is 8.54. The molecule has 15 nitrogen and oxygen atoms in total. The summed E-state index contributed by atoms with van der Waals surface area (Å²) in [5, 5.41) is 98.1. The third-order valence-corrected chi connectivity index (χ3v) is 16.2. The van der Waals surface area contributed by atoms with E-state index in [1.807, 2.05) is 6.92 Å². The predicted octanol–water partition coefficient (Wildman–Crippen LogP) is -0.862. The molecule has 8 fully saturated rings. The van der Waals surface area contributed by atoms with Crippen molar-refractivity contribution in [2.75, 3.05) is 19.8 Å². The average molecular weight is 759 g/mol. The lowest BCUT2D eigenvalue weighted by molar-refractivity contribution is -0.392. The number of aliphatic hydroxyl groups is 9. The number of fused-ring (bicyclic) bond motifs is 7. The molecule has 304 valence electrons. The van der Waals surface area contributed by atoms with E-state index in [2.05, 4.69) is 20.8 Å². The molecule has 4 aliphatic heterocycles. The van der Waals surface area contributed by atoms with E-state index in [1.54, 1.807) is 0 Å². The highest BCUT2D eigenvalue weighted by molar-refractivity contribution is 5.22. The summed E-state index contributed by atoms with van der Waals surface area (Å²) in [6.07, 6.45) is -12.5. The van der Waals surface area contributed by atoms with Crippen molar-refractivity contribution in [3.05, 3.63) is 0 Å². The van der Waals surface area contributed by atoms with Crippen LogP contribution in [0.3, 0.4) is 0 Å². The molecule has 0 amide bonds. The van der Waals surface area contributed by atoms with Crippen LogP contribution in [0.25, 0.3) is 0 Å². The molecule has 4 saturated heterocycles. The maximum absolute atomic E-state index is 12.5. The Hall–Kier alpha value is -0.600. The quantitative estimate of drug-likeness (QED) is 0.155. The molecule has 23 atom stereocenters. The number of rotatable bonds is 5. The summed E-state index contributed by atoms with van der Waals surface area (Å²) in [6, 6.07) is 0. The summed E-state index contributed by atoms with van der Waals surface area (Å²) in [4.78, 5) is 0. The van der Waals surface area contributed by atoms with Gasteiger partial charge < -0.3 is 74.4 Å². The summed E-state index contributed by atoms with van der Waals surface area (Å²) in [5.41, 5.74) is -2.76. The Labute approximate surface area is 310 Å². The molecule has 4 aliphatic carbocycles. The van der Waals surface area contributed by atoms with Gasteiger partial charge in [0.15, 0.2) is 18.4 Å². The lowest BCUT2D eigenvalue weighted by Crippen LogP contribution is -2.76. The second-order valence-electron chi connectivity index (χ2n) is 18.5. The maximum Gasteiger partial charge on any atom is 0.187 e. The van der Waals surface area contributed by atoms with Crippen LogP contribution in [-0.4, -0.2) is 157 Å². The van der Waals surface area contributed by atoms with Crippen molar-refractivity contribution < 1.29 is 74.4 Å². The molecule has 15 heteroatoms. The van der Waals surface area contributed by atoms with E-state index in [0.29, 0.717) is 24.9 Å². The average Bonchev–Trinajstić information content (AvgIpc) is 3.58. The van der Waals surface area contributed by atoms with Gasteiger partial charge in [0.05, 0.1) is 38.1 Å². The first kappa shape index (κ1) is 39.2. The van der Waals surface area contributed by atoms with Gasteiger partial charge in [-0.1, -0.05) is 27.7 Å². The van der Waals surface area contributed by atoms with Crippen LogP contribution in [-0.2, 0) is 28.4 Å². The van der Waals surface area contributed by atoms with E-state index in [1.165, 1.54) is 0 Å². The van der Waals surface area contributed by atoms with Gasteiger partial charge in [0, 0.05) is 24.2 Å². The summed E-state index contributed by atoms with van der Waals surface area (Å²) < 4.78 is 37.7. The second-order valence-corrected chi connectivity index (χ2v) is 18.5. The first-order chi connectivity index (χ1) is 25.0. The molecule has 8 rings (SSSR count). The van der Waals surface area contributed by atoms with Crippen LogP contribution >= 0.6 is 0 Å². The molecule has 0 aromatic heterocycles. The minimum absolute atomic E-state index is 0.0334. The molecule has 0 aromatic rings. The smallest absolute Gasteiger partial charge is 0.187 e. The van der Waals surface area contributed by atoms with Crippen molar-refractivity contribution in [2.24, 2.45) is 46.3 Å². The largest absolute Gasteiger partial charge is 0.394 e. The summed E-state index contributed by atoms with van der Waals surface area (Å²) in [7, 11) is 0. The topological polar surface area (TPSA) is 237 Å². The van der Waals surface area contributed by atoms with E-state index in [4.69, 9.17) is 28.4 Å². The highest BCUT2D eigenvalue weighted by Crippen LogP contribution is 2.72. The monoisotopic (exact) mass is 758 g/mol. The van der Waals surface area contributed by atoms with Gasteiger partial charge in [0.25, 0.3) is 0 Å². The Balaban J connectivity index is 1.10. The van der Waals surface area contributed by atoms with Crippen LogP contribution in [0, 0.1) is 46.3 Å². The van der Waals surface area contributed by atoms with Gasteiger partial charge >= 0.3 is 0 Å². The Morgan fingerprint density at radius 2 is 1.49 bits per heavy atom. The molecule has 4 heterocycles. The van der Waals surface area contributed by atoms with E-state index in [-0.39, 0.29) is 54.6 Å². The molecule has 53 heavy (non-hydrogen) atoms. The maximum atomic E-state index is 12.5. The van der Waals surface area contributed by atoms with Gasteiger partial charge in [-0.2, -0.15) is 0 Å². The standard InChI is InChI=1S/C38H62O15/c1-16-5-10-38(49-14-16)17(2)26-22(52-38)11-20-18-6-9-37(53-33-30(45)27(42)21(40)15-48-33)32(47)23(50-34-31(46)29(44)28(43)24(13-39)51-34)12-25(41)36(37,4)19(18)7-8-35(20,26)3/h16-34,39-47H,5-15H2,1-4H3/t16-,17-,18+,19-,20+,21-,22-,23-,24+,25+,26-,27-,28+,29-,30+,31+,32-,33-,34+,35+,36+,37-,38+/m0/s1. The van der Waals surface area contributed by atoms with E-state index >= 15 is 0 Å². The van der Waals surface area contributed by atoms with Crippen molar-refractivity contribution in [1.82, 2.24) is 0 Å². The molecule has 0 radical (unpaired) electrons. The summed E-state index contributed by atoms with van der Waals surface area (Å²) >= 11 is 0. The SMILES string of the molecule is C[C@H]1CC[C@@]2(OC1)O[C@H]1C[C@@H]3[C@@H]4CC[C@]5(O[C@@H]6OC[C@H](O)[C@H](O)[C@H]6O)[C@@H](O)[C@@H](O[C@@H]6O[C@H](CO)[C@@H](O)[C@H](O)[C@H]6O)C[C@@H](O)[C@@]5(C)[C@H]4CC[C@@]3(C)[C@H]1[C@@H]2C. The third-order valence-electron chi connectivity index (χ3n) is 16.2. The van der Waals surface area contributed by atoms with Gasteiger partial charge in [-0.05, 0) is 73.5 Å². The first-order valence-corrected chi connectivity index (χ1v) is 20.0. The Bertz CT molecular complexity index is 1330. The first-order valence-electron chi connectivity index (χ1n) is 20.0. The third kappa shape index (κ3) is 5.62. The van der Waals surface area contributed by atoms with Crippen LogP contribution < -0.4 is 0 Å². The minimum Gasteiger partial charge on any atom is -0.394 e. The van der Waals surface area contributed by atoms with E-state index in [9.17, 15) is 46.0 Å². The van der Waals surface area contributed by atoms with Crippen LogP contribution in [0.5, 0.6) is 0 Å². The van der Waals surface area contributed by atoms with Gasteiger partial charge in [-0.15, -0.1) is 0 Å². The van der Waals surface area contributed by atoms with Crippen molar-refractivity contribution in [3.8, 4) is 0 Å². The molecular weight excluding hydrogens is 696 g/mol. The highest BCUT2D eigenvalue weighted by Gasteiger charge is 2.75. The lowest BCUT2D eigenvalue weighted by Gasteiger charge is -2.68. The number of ether oxygens (including phenoxy) is 6. The molecule has 4 saturated carbocycles. The number of aliphatic hydroxyl groups excluding tert-OH is 9. The lowest BCUT2D eigenvalue weighted by atomic mass is 9.41. The molecule has 9 N–H and O–H groups in total. The van der Waals surface area contributed by atoms with E-state index < -0.39 is 97.0 Å². The minimum atomic E-state index is -1.73. The van der Waals surface area contributed by atoms with Crippen LogP contribution in [0.2, 0.25) is 0 Å². The molecule has 0 unspecified atom stereocenters. The number of hydrogen-bond acceptors (Lipinski definition) is 15. The molecular formula is C38H62O15. The molecule has 0 aromatic carbocycles. The molecule has 1 spiro atoms. The van der Waals surface area contributed by atoms with Crippen LogP contribution in [0.15, 0.2) is 0 Å². The Morgan fingerprint density at radius 3 is 2.19 bits per heavy atom. The fraction of sp³-hybridized carbons (Fsp3) is 1.00. The van der Waals surface area contributed by atoms with Crippen molar-refractivity contribution >= 4 is 0 Å². The van der Waals surface area contributed by atoms with Gasteiger partial charge in [0.2, 0.25) is 0 Å². The second kappa shape index (κ2) is 13.8. The van der Waals surface area contributed by atoms with Gasteiger partial charge in [-0.25, -0.2) is 0 Å². The van der Waals surface area contributed by atoms with Crippen molar-refractivity contribution in [2.45, 2.75) is 170 Å². The van der Waals surface area contributed by atoms with Crippen molar-refractivity contribution in [1.29, 1.82) is 0 Å². The fourth-order valence-electron chi connectivity index (χ4n) is 13.1. The van der Waals surface area contributed by atoms with E-state index in [0.717, 1.165) is 32.1 Å². The van der Waals surface area contributed by atoms with Crippen LogP contribution in [0.1, 0.15) is 79.1 Å². The van der Waals surface area contributed by atoms with Gasteiger partial charge in [-0.3, -0.25) is 0 Å². The zero-order valence-corrected chi connectivity index (χ0v) is 31.2. The molecule has 8 aliphatic rings. The Morgan fingerprint density at radius 1 is 0.755 bits per heavy atom. The van der Waals surface area contributed by atoms with Gasteiger partial charge in [0.1, 0.15) is 54.4 Å². The highest BCUT2D eigenvalue weighted by atomic mass is 16.7. The number of hydrogen-bond donors (Lipinski definition) is 9. The molecule has 0 bridgehead atoms. The zero-order valence-electron chi connectivity index (χ0n) is 31.2. The zero-order chi connectivity index (χ0) is 38.0. The van der Waals surface area contributed by atoms with Crippen LogP contribution in [0.4, 0.5) is 0 Å². The fourth-order valence-corrected chi connectivity index (χ4v) is 13.1. The predicted molar refractivity (Wildman–Crippen MR) is 181 cm³/mol. The van der Waals surface area contributed by atoms with Crippen molar-refractivity contribution in [3.63, 3.8) is 0 Å².